The molecular weight excluding hydrogens is 396 g/mol. The minimum atomic E-state index is 0.158. The highest BCUT2D eigenvalue weighted by Gasteiger charge is 2.12. The number of pyridine rings is 1. The second kappa shape index (κ2) is 9.45. The van der Waals surface area contributed by atoms with Gasteiger partial charge in [0.1, 0.15) is 28.5 Å². The molecule has 0 fully saturated rings. The lowest BCUT2D eigenvalue weighted by molar-refractivity contribution is -0.116. The molecule has 0 aliphatic rings. The Labute approximate surface area is 179 Å². The predicted molar refractivity (Wildman–Crippen MR) is 120 cm³/mol. The lowest BCUT2D eigenvalue weighted by Gasteiger charge is -2.10. The Kier molecular flexibility index (Phi) is 6.29. The van der Waals surface area contributed by atoms with Crippen molar-refractivity contribution in [1.29, 1.82) is 0 Å². The number of nitrogens with one attached hydrogen (secondary N) is 1. The molecular formula is C23H22N4O2S. The molecule has 3 heterocycles. The first kappa shape index (κ1) is 20.0. The first-order chi connectivity index (χ1) is 14.7. The fourth-order valence-electron chi connectivity index (χ4n) is 3.20. The van der Waals surface area contributed by atoms with Gasteiger partial charge in [-0.3, -0.25) is 9.78 Å². The molecule has 7 heteroatoms. The Morgan fingerprint density at radius 1 is 1.17 bits per heavy atom. The third-order valence-corrected chi connectivity index (χ3v) is 5.49. The van der Waals surface area contributed by atoms with Crippen LogP contribution in [-0.4, -0.2) is 33.9 Å². The first-order valence-electron chi connectivity index (χ1n) is 9.78. The maximum absolute atomic E-state index is 11.2. The van der Waals surface area contributed by atoms with E-state index >= 15 is 0 Å². The van der Waals surface area contributed by atoms with E-state index in [4.69, 9.17) is 4.74 Å². The van der Waals surface area contributed by atoms with Gasteiger partial charge in [-0.25, -0.2) is 9.97 Å². The van der Waals surface area contributed by atoms with Crippen molar-refractivity contribution in [3.63, 3.8) is 0 Å². The molecule has 1 aromatic carbocycles. The van der Waals surface area contributed by atoms with E-state index < -0.39 is 0 Å². The van der Waals surface area contributed by atoms with Crippen LogP contribution in [0, 0.1) is 0 Å². The van der Waals surface area contributed by atoms with Crippen molar-refractivity contribution in [3.05, 3.63) is 66.1 Å². The second-order valence-corrected chi connectivity index (χ2v) is 7.80. The smallest absolute Gasteiger partial charge is 0.138 e. The quantitative estimate of drug-likeness (QED) is 0.395. The number of hydrogen-bond acceptors (Lipinski definition) is 7. The van der Waals surface area contributed by atoms with Gasteiger partial charge in [-0.15, -0.1) is 11.3 Å². The molecule has 6 nitrogen and oxygen atoms in total. The zero-order valence-electron chi connectivity index (χ0n) is 16.7. The van der Waals surface area contributed by atoms with Gasteiger partial charge < -0.3 is 10.1 Å². The Morgan fingerprint density at radius 2 is 2.03 bits per heavy atom. The Bertz CT molecular complexity index is 1130. The number of carbonyl (C=O) groups excluding carboxylic acids is 1. The van der Waals surface area contributed by atoms with Crippen LogP contribution in [0.15, 0.2) is 60.5 Å². The van der Waals surface area contributed by atoms with Crippen LogP contribution in [0.3, 0.4) is 0 Å². The summed E-state index contributed by atoms with van der Waals surface area (Å²) in [6, 6.07) is 11.7. The zero-order valence-corrected chi connectivity index (χ0v) is 17.5. The normalized spacial score (nSPS) is 10.8. The van der Waals surface area contributed by atoms with Crippen molar-refractivity contribution in [1.82, 2.24) is 15.0 Å². The van der Waals surface area contributed by atoms with E-state index in [0.717, 1.165) is 51.4 Å². The first-order valence-corrected chi connectivity index (χ1v) is 10.7. The number of thiophene rings is 1. The van der Waals surface area contributed by atoms with Crippen LogP contribution < -0.4 is 10.1 Å². The summed E-state index contributed by atoms with van der Waals surface area (Å²) in [6.45, 7) is 2.92. The number of ether oxygens (including phenoxy) is 1. The third kappa shape index (κ3) is 4.80. The van der Waals surface area contributed by atoms with Gasteiger partial charge >= 0.3 is 0 Å². The van der Waals surface area contributed by atoms with Crippen molar-refractivity contribution >= 4 is 33.2 Å². The molecule has 0 radical (unpaired) electrons. The van der Waals surface area contributed by atoms with Crippen LogP contribution in [0.2, 0.25) is 0 Å². The summed E-state index contributed by atoms with van der Waals surface area (Å²) < 4.78 is 5.81. The van der Waals surface area contributed by atoms with Crippen LogP contribution >= 0.6 is 11.3 Å². The number of anilines is 1. The Balaban J connectivity index is 1.34. The summed E-state index contributed by atoms with van der Waals surface area (Å²) in [5, 5.41) is 6.54. The molecule has 0 spiro atoms. The summed E-state index contributed by atoms with van der Waals surface area (Å²) in [4.78, 5) is 25.2. The van der Waals surface area contributed by atoms with Crippen LogP contribution in [0.4, 0.5) is 5.82 Å². The summed E-state index contributed by atoms with van der Waals surface area (Å²) in [5.74, 6) is 1.79. The van der Waals surface area contributed by atoms with Crippen molar-refractivity contribution < 1.29 is 9.53 Å². The van der Waals surface area contributed by atoms with Gasteiger partial charge in [-0.05, 0) is 37.1 Å². The standard InChI is InChI=1S/C23H22N4O2S/c1-16(28)12-17-5-7-19(8-6-17)29-11-3-10-25-22-21-20(18-4-2-9-24-13-18)14-30-23(21)27-15-26-22/h2,4-9,13-15H,3,10-12H2,1H3,(H,25,26,27). The molecule has 0 amide bonds. The molecule has 0 unspecified atom stereocenters. The average Bonchev–Trinajstić information content (AvgIpc) is 3.20. The van der Waals surface area contributed by atoms with Gasteiger partial charge in [-0.2, -0.15) is 0 Å². The Morgan fingerprint density at radius 3 is 2.80 bits per heavy atom. The third-order valence-electron chi connectivity index (χ3n) is 4.60. The SMILES string of the molecule is CC(=O)Cc1ccc(OCCCNc2ncnc3scc(-c4cccnc4)c23)cc1. The molecule has 0 saturated carbocycles. The lowest BCUT2D eigenvalue weighted by atomic mass is 10.1. The number of benzene rings is 1. The monoisotopic (exact) mass is 418 g/mol. The van der Waals surface area contributed by atoms with Crippen LogP contribution in [-0.2, 0) is 11.2 Å². The number of Topliss-reactive ketones (excluding diaryl/α,β-unsaturated/α-hetero) is 1. The van der Waals surface area contributed by atoms with Gasteiger partial charge in [0.15, 0.2) is 0 Å². The molecule has 152 valence electrons. The minimum Gasteiger partial charge on any atom is -0.494 e. The van der Waals surface area contributed by atoms with Gasteiger partial charge in [0.2, 0.25) is 0 Å². The number of nitrogens with zero attached hydrogens (tertiary/aromatic N) is 3. The van der Waals surface area contributed by atoms with Gasteiger partial charge in [0, 0.05) is 41.9 Å². The molecule has 3 aromatic heterocycles. The summed E-state index contributed by atoms with van der Waals surface area (Å²) in [6.07, 6.45) is 6.50. The molecule has 30 heavy (non-hydrogen) atoms. The molecule has 0 aliphatic carbocycles. The Hall–Kier alpha value is -3.32. The fourth-order valence-corrected chi connectivity index (χ4v) is 4.12. The van der Waals surface area contributed by atoms with Crippen molar-refractivity contribution in [2.75, 3.05) is 18.5 Å². The van der Waals surface area contributed by atoms with E-state index in [2.05, 4.69) is 25.6 Å². The average molecular weight is 419 g/mol. The van der Waals surface area contributed by atoms with E-state index in [0.29, 0.717) is 13.0 Å². The number of hydrogen-bond donors (Lipinski definition) is 1. The van der Waals surface area contributed by atoms with Crippen LogP contribution in [0.5, 0.6) is 5.75 Å². The zero-order chi connectivity index (χ0) is 20.8. The summed E-state index contributed by atoms with van der Waals surface area (Å²) >= 11 is 1.60. The lowest BCUT2D eigenvalue weighted by Crippen LogP contribution is -2.09. The van der Waals surface area contributed by atoms with E-state index in [1.54, 1.807) is 30.8 Å². The van der Waals surface area contributed by atoms with Crippen molar-refractivity contribution in [3.8, 4) is 16.9 Å². The van der Waals surface area contributed by atoms with E-state index in [1.807, 2.05) is 42.6 Å². The van der Waals surface area contributed by atoms with Crippen LogP contribution in [0.1, 0.15) is 18.9 Å². The number of aromatic nitrogens is 3. The molecule has 0 bridgehead atoms. The van der Waals surface area contributed by atoms with E-state index in [9.17, 15) is 4.79 Å². The topological polar surface area (TPSA) is 77.0 Å². The molecule has 4 rings (SSSR count). The molecule has 1 N–H and O–H groups in total. The number of carbonyl (C=O) groups is 1. The minimum absolute atomic E-state index is 0.158. The second-order valence-electron chi connectivity index (χ2n) is 6.95. The predicted octanol–water partition coefficient (Wildman–Crippen LogP) is 4.77. The van der Waals surface area contributed by atoms with Gasteiger partial charge in [-0.1, -0.05) is 18.2 Å². The van der Waals surface area contributed by atoms with Crippen LogP contribution in [0.25, 0.3) is 21.3 Å². The fraction of sp³-hybridized carbons (Fsp3) is 0.217. The van der Waals surface area contributed by atoms with Crippen molar-refractivity contribution in [2.24, 2.45) is 0 Å². The molecule has 4 aromatic rings. The van der Waals surface area contributed by atoms with Crippen molar-refractivity contribution in [2.45, 2.75) is 19.8 Å². The highest BCUT2D eigenvalue weighted by atomic mass is 32.1. The molecule has 0 saturated heterocycles. The maximum Gasteiger partial charge on any atom is 0.138 e. The highest BCUT2D eigenvalue weighted by molar-refractivity contribution is 7.17. The summed E-state index contributed by atoms with van der Waals surface area (Å²) in [5.41, 5.74) is 3.15. The van der Waals surface area contributed by atoms with E-state index in [-0.39, 0.29) is 5.78 Å². The molecule has 0 atom stereocenters. The number of fused-ring (bicyclic) bond motifs is 1. The van der Waals surface area contributed by atoms with Gasteiger partial charge in [0.25, 0.3) is 0 Å². The van der Waals surface area contributed by atoms with Gasteiger partial charge in [0.05, 0.1) is 12.0 Å². The maximum atomic E-state index is 11.2. The number of rotatable bonds is 9. The summed E-state index contributed by atoms with van der Waals surface area (Å²) in [7, 11) is 0. The van der Waals surface area contributed by atoms with E-state index in [1.165, 1.54) is 0 Å². The largest absolute Gasteiger partial charge is 0.494 e. The molecule has 0 aliphatic heterocycles. The number of ketones is 1. The highest BCUT2D eigenvalue weighted by Crippen LogP contribution is 2.35.